The van der Waals surface area contributed by atoms with Crippen LogP contribution in [0.25, 0.3) is 0 Å². The Hall–Kier alpha value is -0.240. The minimum absolute atomic E-state index is 0.354. The summed E-state index contributed by atoms with van der Waals surface area (Å²) >= 11 is 0. The van der Waals surface area contributed by atoms with E-state index in [2.05, 4.69) is 0 Å². The topological polar surface area (TPSA) is 88.4 Å². The third-order valence-electron chi connectivity index (χ3n) is 2.33. The molecule has 0 aliphatic carbocycles. The highest BCUT2D eigenvalue weighted by Gasteiger charge is 2.44. The lowest BCUT2D eigenvalue weighted by Crippen LogP contribution is -2.59. The highest BCUT2D eigenvalue weighted by atomic mass is 16.7. The molecule has 3 N–H and O–H groups in total. The highest BCUT2D eigenvalue weighted by Crippen LogP contribution is 2.23. The second kappa shape index (κ2) is 5.01. The van der Waals surface area contributed by atoms with E-state index in [1.165, 1.54) is 14.2 Å². The van der Waals surface area contributed by atoms with Crippen LogP contribution in [-0.4, -0.2) is 66.9 Å². The average molecular weight is 208 g/mol. The minimum atomic E-state index is -1.07. The van der Waals surface area contributed by atoms with Crippen LogP contribution < -0.4 is 0 Å². The molecular weight excluding hydrogens is 192 g/mol. The standard InChI is InChI=1S/C8H16O6/c1-12-7-5(10)4(3-9)14-8(13-2)6(7)11/h4-11H,3H2,1-2H3/t4-,5-,6+,7-,8-/m1/s1. The summed E-state index contributed by atoms with van der Waals surface area (Å²) < 4.78 is 14.8. The van der Waals surface area contributed by atoms with Crippen molar-refractivity contribution in [1.29, 1.82) is 0 Å². The minimum Gasteiger partial charge on any atom is -0.394 e. The van der Waals surface area contributed by atoms with Crippen molar-refractivity contribution in [1.82, 2.24) is 0 Å². The first-order valence-electron chi connectivity index (χ1n) is 4.33. The fraction of sp³-hybridized carbons (Fsp3) is 1.00. The lowest BCUT2D eigenvalue weighted by atomic mass is 9.99. The lowest BCUT2D eigenvalue weighted by Gasteiger charge is -2.40. The van der Waals surface area contributed by atoms with E-state index in [-0.39, 0.29) is 6.61 Å². The number of aliphatic hydroxyl groups excluding tert-OH is 3. The van der Waals surface area contributed by atoms with Crippen molar-refractivity contribution in [3.63, 3.8) is 0 Å². The molecule has 1 heterocycles. The van der Waals surface area contributed by atoms with Gasteiger partial charge in [0.25, 0.3) is 0 Å². The summed E-state index contributed by atoms with van der Waals surface area (Å²) in [7, 11) is 2.73. The molecule has 0 bridgehead atoms. The number of hydrogen-bond donors (Lipinski definition) is 3. The Morgan fingerprint density at radius 3 is 2.21 bits per heavy atom. The number of methoxy groups -OCH3 is 2. The zero-order valence-electron chi connectivity index (χ0n) is 8.16. The SMILES string of the molecule is CO[C@@H]1O[C@H](CO)[C@@H](O)[C@@H](OC)[C@@H]1O. The predicted octanol–water partition coefficient (Wildman–Crippen LogP) is -1.91. The molecule has 1 rings (SSSR count). The van der Waals surface area contributed by atoms with Crippen LogP contribution in [0.15, 0.2) is 0 Å². The van der Waals surface area contributed by atoms with Crippen LogP contribution in [-0.2, 0) is 14.2 Å². The quantitative estimate of drug-likeness (QED) is 0.501. The van der Waals surface area contributed by atoms with Crippen LogP contribution in [0.2, 0.25) is 0 Å². The van der Waals surface area contributed by atoms with Gasteiger partial charge in [-0.25, -0.2) is 0 Å². The van der Waals surface area contributed by atoms with E-state index in [0.29, 0.717) is 0 Å². The number of aliphatic hydroxyl groups is 3. The Balaban J connectivity index is 2.72. The summed E-state index contributed by atoms with van der Waals surface area (Å²) in [4.78, 5) is 0. The third kappa shape index (κ3) is 2.05. The molecule has 1 saturated heterocycles. The second-order valence-corrected chi connectivity index (χ2v) is 3.14. The first-order valence-corrected chi connectivity index (χ1v) is 4.33. The zero-order chi connectivity index (χ0) is 10.7. The summed E-state index contributed by atoms with van der Waals surface area (Å²) in [6.45, 7) is -0.354. The largest absolute Gasteiger partial charge is 0.394 e. The molecular formula is C8H16O6. The zero-order valence-corrected chi connectivity index (χ0v) is 8.16. The van der Waals surface area contributed by atoms with Gasteiger partial charge in [0.15, 0.2) is 6.29 Å². The Labute approximate surface area is 82.0 Å². The van der Waals surface area contributed by atoms with E-state index >= 15 is 0 Å². The average Bonchev–Trinajstić information content (AvgIpc) is 2.19. The Morgan fingerprint density at radius 2 is 1.79 bits per heavy atom. The molecule has 1 aliphatic heterocycles. The molecule has 5 atom stereocenters. The van der Waals surface area contributed by atoms with Gasteiger partial charge >= 0.3 is 0 Å². The van der Waals surface area contributed by atoms with Gasteiger partial charge in [-0.1, -0.05) is 0 Å². The molecule has 0 aromatic carbocycles. The third-order valence-corrected chi connectivity index (χ3v) is 2.33. The number of ether oxygens (including phenoxy) is 3. The first-order chi connectivity index (χ1) is 6.65. The molecule has 6 heteroatoms. The Bertz CT molecular complexity index is 159. The van der Waals surface area contributed by atoms with Crippen LogP contribution in [0.1, 0.15) is 0 Å². The van der Waals surface area contributed by atoms with E-state index in [1.54, 1.807) is 0 Å². The fourth-order valence-corrected chi connectivity index (χ4v) is 1.53. The summed E-state index contributed by atoms with van der Waals surface area (Å²) in [6, 6.07) is 0. The monoisotopic (exact) mass is 208 g/mol. The van der Waals surface area contributed by atoms with Gasteiger partial charge in [-0.2, -0.15) is 0 Å². The Morgan fingerprint density at radius 1 is 1.14 bits per heavy atom. The van der Waals surface area contributed by atoms with Gasteiger partial charge in [0.2, 0.25) is 0 Å². The van der Waals surface area contributed by atoms with Gasteiger partial charge in [0.1, 0.15) is 24.4 Å². The van der Waals surface area contributed by atoms with Gasteiger partial charge in [-0.15, -0.1) is 0 Å². The molecule has 0 aromatic heterocycles. The van der Waals surface area contributed by atoms with Crippen molar-refractivity contribution in [2.24, 2.45) is 0 Å². The van der Waals surface area contributed by atoms with Crippen molar-refractivity contribution < 1.29 is 29.5 Å². The van der Waals surface area contributed by atoms with Crippen LogP contribution in [0.4, 0.5) is 0 Å². The van der Waals surface area contributed by atoms with Gasteiger partial charge in [0, 0.05) is 14.2 Å². The molecule has 6 nitrogen and oxygen atoms in total. The van der Waals surface area contributed by atoms with E-state index in [1.807, 2.05) is 0 Å². The van der Waals surface area contributed by atoms with Gasteiger partial charge in [-0.3, -0.25) is 0 Å². The van der Waals surface area contributed by atoms with E-state index < -0.39 is 30.7 Å². The molecule has 1 fully saturated rings. The van der Waals surface area contributed by atoms with Crippen molar-refractivity contribution >= 4 is 0 Å². The molecule has 0 radical (unpaired) electrons. The predicted molar refractivity (Wildman–Crippen MR) is 45.6 cm³/mol. The molecule has 0 spiro atoms. The molecule has 0 aromatic rings. The molecule has 0 saturated carbocycles. The first kappa shape index (κ1) is 11.8. The molecule has 0 unspecified atom stereocenters. The normalized spacial score (nSPS) is 43.9. The second-order valence-electron chi connectivity index (χ2n) is 3.14. The molecule has 14 heavy (non-hydrogen) atoms. The summed E-state index contributed by atoms with van der Waals surface area (Å²) in [5.74, 6) is 0. The van der Waals surface area contributed by atoms with Crippen molar-refractivity contribution in [3.8, 4) is 0 Å². The van der Waals surface area contributed by atoms with Crippen molar-refractivity contribution in [2.45, 2.75) is 30.7 Å². The number of hydrogen-bond acceptors (Lipinski definition) is 6. The Kier molecular flexibility index (Phi) is 4.24. The molecule has 0 amide bonds. The van der Waals surface area contributed by atoms with E-state index in [4.69, 9.17) is 19.3 Å². The van der Waals surface area contributed by atoms with Crippen molar-refractivity contribution in [2.75, 3.05) is 20.8 Å². The van der Waals surface area contributed by atoms with Crippen LogP contribution in [0, 0.1) is 0 Å². The van der Waals surface area contributed by atoms with Gasteiger partial charge in [0.05, 0.1) is 6.61 Å². The van der Waals surface area contributed by atoms with Crippen LogP contribution >= 0.6 is 0 Å². The maximum absolute atomic E-state index is 9.60. The van der Waals surface area contributed by atoms with E-state index in [9.17, 15) is 10.2 Å². The fourth-order valence-electron chi connectivity index (χ4n) is 1.53. The van der Waals surface area contributed by atoms with Gasteiger partial charge in [-0.05, 0) is 0 Å². The van der Waals surface area contributed by atoms with Crippen LogP contribution in [0.5, 0.6) is 0 Å². The maximum atomic E-state index is 9.60. The number of rotatable bonds is 3. The van der Waals surface area contributed by atoms with E-state index in [0.717, 1.165) is 0 Å². The summed E-state index contributed by atoms with van der Waals surface area (Å²) in [6.07, 6.45) is -4.63. The summed E-state index contributed by atoms with van der Waals surface area (Å²) in [5.41, 5.74) is 0. The van der Waals surface area contributed by atoms with Crippen LogP contribution in [0.3, 0.4) is 0 Å². The molecule has 84 valence electrons. The lowest BCUT2D eigenvalue weighted by molar-refractivity contribution is -0.298. The smallest absolute Gasteiger partial charge is 0.186 e. The maximum Gasteiger partial charge on any atom is 0.186 e. The summed E-state index contributed by atoms with van der Waals surface area (Å²) in [5, 5.41) is 28.1. The van der Waals surface area contributed by atoms with Crippen molar-refractivity contribution in [3.05, 3.63) is 0 Å². The van der Waals surface area contributed by atoms with Gasteiger partial charge < -0.3 is 29.5 Å². The highest BCUT2D eigenvalue weighted by molar-refractivity contribution is 4.89. The molecule has 1 aliphatic rings.